The topological polar surface area (TPSA) is 51.9 Å². The lowest BCUT2D eigenvalue weighted by Gasteiger charge is -2.06. The van der Waals surface area contributed by atoms with Gasteiger partial charge in [-0.15, -0.1) is 0 Å². The van der Waals surface area contributed by atoms with E-state index < -0.39 is 0 Å². The van der Waals surface area contributed by atoms with Gasteiger partial charge in [0.1, 0.15) is 5.65 Å². The summed E-state index contributed by atoms with van der Waals surface area (Å²) >= 11 is 0. The number of hydrogen-bond acceptors (Lipinski definition) is 3. The average molecular weight is 424 g/mol. The third-order valence-electron chi connectivity index (χ3n) is 6.43. The quantitative estimate of drug-likeness (QED) is 0.309. The Bertz CT molecular complexity index is 2090. The Morgan fingerprint density at radius 2 is 0.848 bits per heavy atom. The molecule has 0 fully saturated rings. The van der Waals surface area contributed by atoms with E-state index in [1.165, 1.54) is 0 Å². The summed E-state index contributed by atoms with van der Waals surface area (Å²) in [6.45, 7) is 0. The molecule has 0 unspecified atom stereocenters. The fraction of sp³-hybridized carbons (Fsp3) is 0. The molecule has 4 aromatic carbocycles. The Morgan fingerprint density at radius 1 is 0.394 bits per heavy atom. The van der Waals surface area contributed by atoms with E-state index in [1.54, 1.807) is 0 Å². The zero-order valence-corrected chi connectivity index (χ0v) is 17.4. The summed E-state index contributed by atoms with van der Waals surface area (Å²) in [6.07, 6.45) is 0. The maximum atomic E-state index is 5.11. The van der Waals surface area contributed by atoms with Crippen molar-refractivity contribution in [2.45, 2.75) is 0 Å². The van der Waals surface area contributed by atoms with Gasteiger partial charge in [-0.25, -0.2) is 19.4 Å². The Morgan fingerprint density at radius 3 is 1.52 bits per heavy atom. The van der Waals surface area contributed by atoms with Crippen LogP contribution in [-0.2, 0) is 0 Å². The normalized spacial score (nSPS) is 12.2. The molecule has 0 aliphatic carbocycles. The molecule has 33 heavy (non-hydrogen) atoms. The number of fused-ring (bicyclic) bond motifs is 14. The molecular formula is C27H16N6. The molecule has 0 saturated carbocycles. The summed E-state index contributed by atoms with van der Waals surface area (Å²) in [5.41, 5.74) is 7.78. The van der Waals surface area contributed by atoms with Crippen molar-refractivity contribution in [3.63, 3.8) is 0 Å². The minimum absolute atomic E-state index is 0.783. The van der Waals surface area contributed by atoms with Crippen molar-refractivity contribution >= 4 is 61.2 Å². The Hall–Kier alpha value is -4.71. The van der Waals surface area contributed by atoms with Gasteiger partial charge in [-0.05, 0) is 48.5 Å². The third-order valence-corrected chi connectivity index (χ3v) is 6.43. The van der Waals surface area contributed by atoms with Crippen LogP contribution in [0.5, 0.6) is 0 Å². The molecule has 0 aliphatic heterocycles. The van der Waals surface area contributed by atoms with Crippen LogP contribution in [0.3, 0.4) is 0 Å². The number of nitrogens with zero attached hydrogens (tertiary/aromatic N) is 6. The van der Waals surface area contributed by atoms with E-state index in [1.807, 2.05) is 36.4 Å². The van der Waals surface area contributed by atoms with Crippen molar-refractivity contribution in [3.05, 3.63) is 97.1 Å². The van der Waals surface area contributed by atoms with Gasteiger partial charge in [0.05, 0.1) is 38.6 Å². The molecular weight excluding hydrogens is 408 g/mol. The molecule has 0 bridgehead atoms. The van der Waals surface area contributed by atoms with Crippen LogP contribution in [0.25, 0.3) is 61.2 Å². The lowest BCUT2D eigenvalue weighted by molar-refractivity contribution is 1.09. The van der Waals surface area contributed by atoms with Gasteiger partial charge in [0, 0.05) is 5.39 Å². The van der Waals surface area contributed by atoms with Crippen molar-refractivity contribution in [2.75, 3.05) is 0 Å². The van der Waals surface area contributed by atoms with Gasteiger partial charge in [0.25, 0.3) is 0 Å². The summed E-state index contributed by atoms with van der Waals surface area (Å²) < 4.78 is 6.55. The van der Waals surface area contributed by atoms with E-state index in [4.69, 9.17) is 15.0 Å². The molecule has 4 heterocycles. The first kappa shape index (κ1) is 16.9. The van der Waals surface area contributed by atoms with E-state index >= 15 is 0 Å². The standard InChI is InChI=1S/C27H16N6/c1-5-13-21-17(9-1)25-28-18-10-2-7-15-23(18)32(25)27-30-20-12-4-8-16-24(20)33(27)26-29-19-11-3-6-14-22(19)31(21)26/h1-16H. The molecule has 0 radical (unpaired) electrons. The van der Waals surface area contributed by atoms with Crippen LogP contribution in [0.4, 0.5) is 0 Å². The molecule has 8 aromatic rings. The molecule has 0 amide bonds. The summed E-state index contributed by atoms with van der Waals surface area (Å²) in [5, 5.41) is 1.04. The summed E-state index contributed by atoms with van der Waals surface area (Å²) in [7, 11) is 0. The molecule has 0 spiro atoms. The van der Waals surface area contributed by atoms with E-state index in [9.17, 15) is 0 Å². The molecule has 6 heteroatoms. The molecule has 0 N–H and O–H groups in total. The highest BCUT2D eigenvalue weighted by molar-refractivity contribution is 6.00. The fourth-order valence-corrected chi connectivity index (χ4v) is 5.03. The van der Waals surface area contributed by atoms with Crippen molar-refractivity contribution in [2.24, 2.45) is 0 Å². The summed E-state index contributed by atoms with van der Waals surface area (Å²) in [5.74, 6) is 1.60. The van der Waals surface area contributed by atoms with E-state index in [0.29, 0.717) is 0 Å². The fourth-order valence-electron chi connectivity index (χ4n) is 5.03. The zero-order valence-electron chi connectivity index (χ0n) is 17.4. The SMILES string of the molecule is c1ccc2c(c1)nc1n2c2ccccc2c2nc3ccccc3n2c2nc3ccccc3n12. The highest BCUT2D eigenvalue weighted by atomic mass is 15.2. The van der Waals surface area contributed by atoms with Crippen molar-refractivity contribution in [1.29, 1.82) is 0 Å². The zero-order chi connectivity index (χ0) is 21.5. The summed E-state index contributed by atoms with van der Waals surface area (Å²) in [4.78, 5) is 15.3. The second-order valence-corrected chi connectivity index (χ2v) is 8.25. The first-order valence-electron chi connectivity index (χ1n) is 10.9. The number of para-hydroxylation sites is 7. The van der Waals surface area contributed by atoms with Gasteiger partial charge < -0.3 is 0 Å². The van der Waals surface area contributed by atoms with Crippen LogP contribution in [0.15, 0.2) is 97.1 Å². The minimum atomic E-state index is 0.783. The number of hydrogen-bond donors (Lipinski definition) is 0. The predicted octanol–water partition coefficient (Wildman–Crippen LogP) is 5.80. The van der Waals surface area contributed by atoms with E-state index in [-0.39, 0.29) is 0 Å². The Kier molecular flexibility index (Phi) is 3.05. The number of imidazole rings is 3. The highest BCUT2D eigenvalue weighted by Crippen LogP contribution is 2.29. The smallest absolute Gasteiger partial charge is 0.224 e. The highest BCUT2D eigenvalue weighted by Gasteiger charge is 2.18. The molecule has 154 valence electrons. The molecule has 0 saturated heterocycles. The van der Waals surface area contributed by atoms with Gasteiger partial charge >= 0.3 is 0 Å². The lowest BCUT2D eigenvalue weighted by atomic mass is 10.2. The van der Waals surface area contributed by atoms with Crippen LogP contribution < -0.4 is 0 Å². The minimum Gasteiger partial charge on any atom is -0.277 e. The van der Waals surface area contributed by atoms with Crippen LogP contribution in [0, 0.1) is 0 Å². The van der Waals surface area contributed by atoms with E-state index in [2.05, 4.69) is 73.9 Å². The summed E-state index contributed by atoms with van der Waals surface area (Å²) in [6, 6.07) is 33.1. The van der Waals surface area contributed by atoms with Gasteiger partial charge in [-0.3, -0.25) is 8.80 Å². The second-order valence-electron chi connectivity index (χ2n) is 8.25. The molecule has 8 rings (SSSR count). The Labute approximate surface area is 186 Å². The van der Waals surface area contributed by atoms with Crippen LogP contribution >= 0.6 is 0 Å². The van der Waals surface area contributed by atoms with Crippen LogP contribution in [-0.4, -0.2) is 28.2 Å². The number of rotatable bonds is 0. The molecule has 0 atom stereocenters. The van der Waals surface area contributed by atoms with Gasteiger partial charge in [0.2, 0.25) is 11.6 Å². The lowest BCUT2D eigenvalue weighted by Crippen LogP contribution is -1.99. The maximum Gasteiger partial charge on any atom is 0.224 e. The monoisotopic (exact) mass is 424 g/mol. The Balaban J connectivity index is 1.88. The maximum absolute atomic E-state index is 5.11. The van der Waals surface area contributed by atoms with E-state index in [0.717, 1.165) is 61.2 Å². The first-order chi connectivity index (χ1) is 16.4. The largest absolute Gasteiger partial charge is 0.277 e. The number of aromatic nitrogens is 6. The molecule has 4 aromatic heterocycles. The number of benzene rings is 4. The van der Waals surface area contributed by atoms with Crippen LogP contribution in [0.2, 0.25) is 0 Å². The van der Waals surface area contributed by atoms with Gasteiger partial charge in [-0.1, -0.05) is 48.5 Å². The van der Waals surface area contributed by atoms with Crippen molar-refractivity contribution < 1.29 is 0 Å². The first-order valence-corrected chi connectivity index (χ1v) is 10.9. The van der Waals surface area contributed by atoms with Crippen molar-refractivity contribution in [1.82, 2.24) is 28.2 Å². The van der Waals surface area contributed by atoms with Crippen LogP contribution in [0.1, 0.15) is 0 Å². The second kappa shape index (κ2) is 5.95. The van der Waals surface area contributed by atoms with Gasteiger partial charge in [-0.2, -0.15) is 0 Å². The molecule has 0 aliphatic rings. The predicted molar refractivity (Wildman–Crippen MR) is 132 cm³/mol. The van der Waals surface area contributed by atoms with Crippen molar-refractivity contribution in [3.8, 4) is 0 Å². The van der Waals surface area contributed by atoms with Gasteiger partial charge in [0.15, 0.2) is 0 Å². The molecule has 6 nitrogen and oxygen atoms in total. The average Bonchev–Trinajstić information content (AvgIpc) is 3.53. The third kappa shape index (κ3) is 2.09.